The van der Waals surface area contributed by atoms with E-state index in [-0.39, 0.29) is 11.7 Å². The minimum atomic E-state index is -0.0760. The summed E-state index contributed by atoms with van der Waals surface area (Å²) in [6.07, 6.45) is 3.76. The molecule has 5 rings (SSSR count). The van der Waals surface area contributed by atoms with Crippen LogP contribution >= 0.6 is 11.8 Å². The van der Waals surface area contributed by atoms with Crippen LogP contribution in [0.5, 0.6) is 0 Å². The van der Waals surface area contributed by atoms with Crippen LogP contribution in [0.4, 0.5) is 5.69 Å². The molecule has 0 aliphatic rings. The lowest BCUT2D eigenvalue weighted by Gasteiger charge is -2.09. The van der Waals surface area contributed by atoms with Gasteiger partial charge in [-0.15, -0.1) is 10.2 Å². The molecule has 0 fully saturated rings. The fourth-order valence-corrected chi connectivity index (χ4v) is 4.44. The third-order valence-electron chi connectivity index (χ3n) is 5.79. The quantitative estimate of drug-likeness (QED) is 0.376. The second-order valence-corrected chi connectivity index (χ2v) is 9.23. The van der Waals surface area contributed by atoms with E-state index < -0.39 is 0 Å². The zero-order valence-electron chi connectivity index (χ0n) is 19.0. The first kappa shape index (κ1) is 21.2. The van der Waals surface area contributed by atoms with E-state index >= 15 is 0 Å². The van der Waals surface area contributed by atoms with Crippen LogP contribution in [0.2, 0.25) is 0 Å². The first-order valence-electron chi connectivity index (χ1n) is 10.7. The van der Waals surface area contributed by atoms with E-state index in [4.69, 9.17) is 5.10 Å². The number of thioether (sulfide) groups is 1. The summed E-state index contributed by atoms with van der Waals surface area (Å²) in [5.74, 6) is 0.167. The molecule has 1 amide bonds. The van der Waals surface area contributed by atoms with E-state index in [0.717, 1.165) is 33.6 Å². The number of nitrogens with one attached hydrogen (secondary N) is 1. The second-order valence-electron chi connectivity index (χ2n) is 8.29. The zero-order valence-corrected chi connectivity index (χ0v) is 19.8. The minimum absolute atomic E-state index is 0.0760. The lowest BCUT2D eigenvalue weighted by molar-refractivity contribution is -0.113. The summed E-state index contributed by atoms with van der Waals surface area (Å²) in [7, 11) is 0. The van der Waals surface area contributed by atoms with Gasteiger partial charge in [-0.3, -0.25) is 9.20 Å². The Morgan fingerprint density at radius 3 is 2.58 bits per heavy atom. The molecule has 0 spiro atoms. The van der Waals surface area contributed by atoms with Crippen molar-refractivity contribution in [2.45, 2.75) is 32.9 Å². The molecule has 3 heterocycles. The number of rotatable bonds is 5. The highest BCUT2D eigenvalue weighted by molar-refractivity contribution is 7.99. The molecule has 0 saturated carbocycles. The van der Waals surface area contributed by atoms with Crippen LogP contribution in [0.3, 0.4) is 0 Å². The molecule has 0 bridgehead atoms. The van der Waals surface area contributed by atoms with Crippen LogP contribution in [-0.2, 0) is 4.79 Å². The molecule has 33 heavy (non-hydrogen) atoms. The third kappa shape index (κ3) is 4.09. The van der Waals surface area contributed by atoms with Gasteiger partial charge in [0.05, 0.1) is 11.4 Å². The smallest absolute Gasteiger partial charge is 0.234 e. The van der Waals surface area contributed by atoms with Gasteiger partial charge in [-0.25, -0.2) is 4.52 Å². The van der Waals surface area contributed by atoms with E-state index in [1.165, 1.54) is 22.9 Å². The Bertz CT molecular complexity index is 1520. The van der Waals surface area contributed by atoms with Crippen molar-refractivity contribution in [3.8, 4) is 11.3 Å². The standard InChI is InChI=1S/C25H24N6OS/c1-15-5-6-17(3)20(11-15)26-23(32)14-33-25-28-27-24-22-13-21(29-31(22)10-9-30(24)25)19-8-7-16(2)18(4)12-19/h5-13H,14H2,1-4H3,(H,26,32). The molecule has 3 aromatic heterocycles. The molecule has 1 N–H and O–H groups in total. The van der Waals surface area contributed by atoms with E-state index in [1.807, 2.05) is 59.4 Å². The third-order valence-corrected chi connectivity index (χ3v) is 6.73. The van der Waals surface area contributed by atoms with Gasteiger partial charge in [0.1, 0.15) is 5.52 Å². The lowest BCUT2D eigenvalue weighted by Crippen LogP contribution is -2.15. The van der Waals surface area contributed by atoms with Crippen LogP contribution < -0.4 is 5.32 Å². The molecule has 0 aliphatic heterocycles. The lowest BCUT2D eigenvalue weighted by atomic mass is 10.0. The van der Waals surface area contributed by atoms with Gasteiger partial charge >= 0.3 is 0 Å². The van der Waals surface area contributed by atoms with Gasteiger partial charge in [0.15, 0.2) is 10.8 Å². The molecule has 166 valence electrons. The highest BCUT2D eigenvalue weighted by atomic mass is 32.2. The van der Waals surface area contributed by atoms with Crippen molar-refractivity contribution < 1.29 is 4.79 Å². The topological polar surface area (TPSA) is 76.6 Å². The maximum atomic E-state index is 12.5. The van der Waals surface area contributed by atoms with Gasteiger partial charge < -0.3 is 5.32 Å². The predicted molar refractivity (Wildman–Crippen MR) is 132 cm³/mol. The fraction of sp³-hybridized carbons (Fsp3) is 0.200. The number of hydrogen-bond acceptors (Lipinski definition) is 5. The van der Waals surface area contributed by atoms with Crippen molar-refractivity contribution in [3.05, 3.63) is 77.1 Å². The number of anilines is 1. The summed E-state index contributed by atoms with van der Waals surface area (Å²) in [6, 6.07) is 14.4. The number of hydrogen-bond donors (Lipinski definition) is 1. The van der Waals surface area contributed by atoms with Crippen molar-refractivity contribution in [1.82, 2.24) is 24.2 Å². The van der Waals surface area contributed by atoms with Crippen molar-refractivity contribution in [1.29, 1.82) is 0 Å². The van der Waals surface area contributed by atoms with Crippen molar-refractivity contribution in [2.24, 2.45) is 0 Å². The molecule has 8 heteroatoms. The van der Waals surface area contributed by atoms with Crippen LogP contribution in [0.1, 0.15) is 22.3 Å². The van der Waals surface area contributed by atoms with Gasteiger partial charge in [-0.2, -0.15) is 5.10 Å². The second kappa shape index (κ2) is 8.37. The number of aromatic nitrogens is 5. The molecule has 0 unspecified atom stereocenters. The molecular formula is C25H24N6OS. The normalized spacial score (nSPS) is 11.4. The summed E-state index contributed by atoms with van der Waals surface area (Å²) in [6.45, 7) is 8.20. The van der Waals surface area contributed by atoms with E-state index in [1.54, 1.807) is 0 Å². The Hall–Kier alpha value is -3.65. The molecule has 0 radical (unpaired) electrons. The SMILES string of the molecule is Cc1ccc(C)c(NC(=O)CSc2nnc3c4cc(-c5ccc(C)c(C)c5)nn4ccn23)c1. The molecular weight excluding hydrogens is 432 g/mol. The minimum Gasteiger partial charge on any atom is -0.325 e. The van der Waals surface area contributed by atoms with Crippen LogP contribution in [0, 0.1) is 27.7 Å². The summed E-state index contributed by atoms with van der Waals surface area (Å²) < 4.78 is 3.72. The first-order valence-corrected chi connectivity index (χ1v) is 11.7. The number of carbonyl (C=O) groups excluding carboxylic acids is 1. The number of nitrogens with zero attached hydrogens (tertiary/aromatic N) is 5. The van der Waals surface area contributed by atoms with Crippen LogP contribution in [0.15, 0.2) is 60.0 Å². The predicted octanol–water partition coefficient (Wildman–Crippen LogP) is 5.01. The molecule has 5 aromatic rings. The summed E-state index contributed by atoms with van der Waals surface area (Å²) in [4.78, 5) is 12.5. The highest BCUT2D eigenvalue weighted by Crippen LogP contribution is 2.26. The Morgan fingerprint density at radius 1 is 0.939 bits per heavy atom. The van der Waals surface area contributed by atoms with E-state index in [2.05, 4.69) is 47.6 Å². The number of benzene rings is 2. The zero-order chi connectivity index (χ0) is 23.1. The van der Waals surface area contributed by atoms with Gasteiger partial charge in [-0.05, 0) is 68.1 Å². The highest BCUT2D eigenvalue weighted by Gasteiger charge is 2.15. The maximum absolute atomic E-state index is 12.5. The van der Waals surface area contributed by atoms with Gasteiger partial charge in [0.25, 0.3) is 0 Å². The maximum Gasteiger partial charge on any atom is 0.234 e. The van der Waals surface area contributed by atoms with Gasteiger partial charge in [-0.1, -0.05) is 36.0 Å². The Labute approximate surface area is 195 Å². The molecule has 0 atom stereocenters. The Balaban J connectivity index is 1.38. The fourth-order valence-electron chi connectivity index (χ4n) is 3.72. The number of amides is 1. The monoisotopic (exact) mass is 456 g/mol. The van der Waals surface area contributed by atoms with Crippen molar-refractivity contribution in [3.63, 3.8) is 0 Å². The summed E-state index contributed by atoms with van der Waals surface area (Å²) >= 11 is 1.36. The van der Waals surface area contributed by atoms with Gasteiger partial charge in [0, 0.05) is 23.6 Å². The first-order chi connectivity index (χ1) is 15.9. The van der Waals surface area contributed by atoms with E-state index in [9.17, 15) is 4.79 Å². The number of aryl methyl sites for hydroxylation is 4. The Kier molecular flexibility index (Phi) is 5.38. The molecule has 7 nitrogen and oxygen atoms in total. The molecule has 2 aromatic carbocycles. The average molecular weight is 457 g/mol. The van der Waals surface area contributed by atoms with Crippen molar-refractivity contribution in [2.75, 3.05) is 11.1 Å². The van der Waals surface area contributed by atoms with Crippen LogP contribution in [0.25, 0.3) is 22.4 Å². The summed E-state index contributed by atoms with van der Waals surface area (Å²) in [5, 5.41) is 17.1. The summed E-state index contributed by atoms with van der Waals surface area (Å²) in [5.41, 5.74) is 9.00. The average Bonchev–Trinajstić information content (AvgIpc) is 3.40. The number of fused-ring (bicyclic) bond motifs is 3. The van der Waals surface area contributed by atoms with Gasteiger partial charge in [0.2, 0.25) is 5.91 Å². The molecule has 0 saturated heterocycles. The van der Waals surface area contributed by atoms with Crippen molar-refractivity contribution >= 4 is 34.5 Å². The molecule has 0 aliphatic carbocycles. The Morgan fingerprint density at radius 2 is 1.76 bits per heavy atom. The largest absolute Gasteiger partial charge is 0.325 e. The van der Waals surface area contributed by atoms with E-state index in [0.29, 0.717) is 10.8 Å². The number of carbonyl (C=O) groups is 1. The van der Waals surface area contributed by atoms with Crippen LogP contribution in [-0.4, -0.2) is 35.9 Å².